The third kappa shape index (κ3) is 1.83. The fourth-order valence-corrected chi connectivity index (χ4v) is 1.08. The minimum atomic E-state index is 0.167. The maximum Gasteiger partial charge on any atom is 0.0341 e. The molecule has 0 atom stereocenters. The van der Waals surface area contributed by atoms with Crippen LogP contribution in [0.3, 0.4) is 0 Å². The van der Waals surface area contributed by atoms with Crippen LogP contribution in [0.1, 0.15) is 20.8 Å². The average molecular weight is 135 g/mol. The van der Waals surface area contributed by atoms with Crippen molar-refractivity contribution in [3.8, 4) is 0 Å². The lowest BCUT2D eigenvalue weighted by atomic mass is 9.92. The summed E-state index contributed by atoms with van der Waals surface area (Å²) in [4.78, 5) is 4.17. The molecule has 1 nitrogen and oxygen atoms in total. The molecule has 0 bridgehead atoms. The lowest BCUT2D eigenvalue weighted by molar-refractivity contribution is 0.622. The van der Waals surface area contributed by atoms with Crippen LogP contribution in [0.4, 0.5) is 0 Å². The van der Waals surface area contributed by atoms with E-state index in [4.69, 9.17) is 0 Å². The lowest BCUT2D eigenvalue weighted by Crippen LogP contribution is -2.01. The standard InChI is InChI=1S/C9H13N/c1-8-7-9(2,3)5-4-6-10-8/h4-7H,1-3H3. The molecule has 10 heavy (non-hydrogen) atoms. The van der Waals surface area contributed by atoms with Crippen molar-refractivity contribution in [3.63, 3.8) is 0 Å². The van der Waals surface area contributed by atoms with Gasteiger partial charge in [-0.15, -0.1) is 0 Å². The van der Waals surface area contributed by atoms with Gasteiger partial charge in [-0.2, -0.15) is 0 Å². The first-order valence-corrected chi connectivity index (χ1v) is 3.51. The third-order valence-electron chi connectivity index (χ3n) is 1.47. The molecule has 0 radical (unpaired) electrons. The molecule has 1 aliphatic heterocycles. The highest BCUT2D eigenvalue weighted by Crippen LogP contribution is 2.22. The fraction of sp³-hybridized carbons (Fsp3) is 0.444. The number of hydrogen-bond acceptors (Lipinski definition) is 1. The Bertz CT molecular complexity index is 207. The molecule has 0 saturated heterocycles. The molecule has 0 saturated carbocycles. The van der Waals surface area contributed by atoms with E-state index in [-0.39, 0.29) is 5.41 Å². The molecule has 0 aromatic carbocycles. The minimum absolute atomic E-state index is 0.167. The summed E-state index contributed by atoms with van der Waals surface area (Å²) in [6.07, 6.45) is 8.13. The Labute approximate surface area is 62.2 Å². The summed E-state index contributed by atoms with van der Waals surface area (Å²) in [7, 11) is 0. The lowest BCUT2D eigenvalue weighted by Gasteiger charge is -2.12. The van der Waals surface area contributed by atoms with E-state index in [0.29, 0.717) is 0 Å². The van der Waals surface area contributed by atoms with Crippen molar-refractivity contribution in [2.45, 2.75) is 20.8 Å². The second-order valence-electron chi connectivity index (χ2n) is 3.24. The SMILES string of the molecule is CC1=CC(C)(C)C=CC=N1. The first-order valence-electron chi connectivity index (χ1n) is 3.51. The maximum absolute atomic E-state index is 4.17. The van der Waals surface area contributed by atoms with Gasteiger partial charge in [-0.3, -0.25) is 4.99 Å². The summed E-state index contributed by atoms with van der Waals surface area (Å²) in [5, 5.41) is 0. The van der Waals surface area contributed by atoms with Crippen molar-refractivity contribution in [2.75, 3.05) is 0 Å². The molecular weight excluding hydrogens is 122 g/mol. The second-order valence-corrected chi connectivity index (χ2v) is 3.24. The van der Waals surface area contributed by atoms with Gasteiger partial charge in [-0.05, 0) is 13.0 Å². The van der Waals surface area contributed by atoms with Gasteiger partial charge in [0.15, 0.2) is 0 Å². The van der Waals surface area contributed by atoms with Crippen LogP contribution in [0.25, 0.3) is 0 Å². The van der Waals surface area contributed by atoms with Gasteiger partial charge in [0, 0.05) is 17.3 Å². The Morgan fingerprint density at radius 1 is 1.40 bits per heavy atom. The summed E-state index contributed by atoms with van der Waals surface area (Å²) in [5.74, 6) is 0. The van der Waals surface area contributed by atoms with E-state index in [1.54, 1.807) is 0 Å². The zero-order chi connectivity index (χ0) is 7.61. The van der Waals surface area contributed by atoms with Gasteiger partial charge in [0.2, 0.25) is 0 Å². The predicted molar refractivity (Wildman–Crippen MR) is 45.2 cm³/mol. The van der Waals surface area contributed by atoms with Crippen molar-refractivity contribution >= 4 is 6.21 Å². The van der Waals surface area contributed by atoms with Gasteiger partial charge in [-0.25, -0.2) is 0 Å². The van der Waals surface area contributed by atoms with Crippen LogP contribution in [0, 0.1) is 5.41 Å². The smallest absolute Gasteiger partial charge is 0.0341 e. The Kier molecular flexibility index (Phi) is 1.75. The summed E-state index contributed by atoms with van der Waals surface area (Å²) < 4.78 is 0. The van der Waals surface area contributed by atoms with E-state index in [9.17, 15) is 0 Å². The number of allylic oxidation sites excluding steroid dienone is 4. The highest BCUT2D eigenvalue weighted by atomic mass is 14.7. The second kappa shape index (κ2) is 2.41. The van der Waals surface area contributed by atoms with Crippen molar-refractivity contribution in [1.82, 2.24) is 0 Å². The monoisotopic (exact) mass is 135 g/mol. The molecule has 1 rings (SSSR count). The first kappa shape index (κ1) is 7.26. The molecule has 1 aliphatic rings. The van der Waals surface area contributed by atoms with E-state index >= 15 is 0 Å². The van der Waals surface area contributed by atoms with E-state index in [1.807, 2.05) is 19.2 Å². The van der Waals surface area contributed by atoms with Gasteiger partial charge in [0.25, 0.3) is 0 Å². The van der Waals surface area contributed by atoms with Crippen LogP contribution < -0.4 is 0 Å². The van der Waals surface area contributed by atoms with Gasteiger partial charge < -0.3 is 0 Å². The molecule has 0 aromatic rings. The van der Waals surface area contributed by atoms with Gasteiger partial charge in [0.1, 0.15) is 0 Å². The Balaban J connectivity index is 2.93. The summed E-state index contributed by atoms with van der Waals surface area (Å²) >= 11 is 0. The molecule has 0 N–H and O–H groups in total. The quantitative estimate of drug-likeness (QED) is 0.484. The number of aliphatic imine (C=N–C) groups is 1. The Morgan fingerprint density at radius 2 is 2.10 bits per heavy atom. The molecule has 0 spiro atoms. The average Bonchev–Trinajstić information content (AvgIpc) is 1.90. The number of rotatable bonds is 0. The maximum atomic E-state index is 4.17. The molecule has 1 heterocycles. The minimum Gasteiger partial charge on any atom is -0.262 e. The molecule has 0 aromatic heterocycles. The van der Waals surface area contributed by atoms with E-state index in [1.165, 1.54) is 0 Å². The van der Waals surface area contributed by atoms with Crippen molar-refractivity contribution in [1.29, 1.82) is 0 Å². The zero-order valence-electron chi connectivity index (χ0n) is 6.76. The van der Waals surface area contributed by atoms with E-state index < -0.39 is 0 Å². The first-order chi connectivity index (χ1) is 4.60. The van der Waals surface area contributed by atoms with E-state index in [2.05, 4.69) is 31.0 Å². The van der Waals surface area contributed by atoms with Crippen molar-refractivity contribution in [2.24, 2.45) is 10.4 Å². The molecule has 0 amide bonds. The molecule has 0 unspecified atom stereocenters. The predicted octanol–water partition coefficient (Wildman–Crippen LogP) is 2.56. The summed E-state index contributed by atoms with van der Waals surface area (Å²) in [6, 6.07) is 0. The van der Waals surface area contributed by atoms with Crippen LogP contribution in [0.15, 0.2) is 28.9 Å². The highest BCUT2D eigenvalue weighted by Gasteiger charge is 2.10. The topological polar surface area (TPSA) is 12.4 Å². The summed E-state index contributed by atoms with van der Waals surface area (Å²) in [5.41, 5.74) is 1.26. The van der Waals surface area contributed by atoms with Crippen molar-refractivity contribution in [3.05, 3.63) is 23.9 Å². The van der Waals surface area contributed by atoms with Gasteiger partial charge >= 0.3 is 0 Å². The van der Waals surface area contributed by atoms with Crippen LogP contribution in [0.5, 0.6) is 0 Å². The number of nitrogens with zero attached hydrogens (tertiary/aromatic N) is 1. The fourth-order valence-electron chi connectivity index (χ4n) is 1.08. The van der Waals surface area contributed by atoms with Crippen LogP contribution >= 0.6 is 0 Å². The number of hydrogen-bond donors (Lipinski definition) is 0. The van der Waals surface area contributed by atoms with Crippen LogP contribution in [-0.2, 0) is 0 Å². The largest absolute Gasteiger partial charge is 0.262 e. The molecule has 54 valence electrons. The third-order valence-corrected chi connectivity index (χ3v) is 1.47. The Morgan fingerprint density at radius 3 is 2.80 bits per heavy atom. The van der Waals surface area contributed by atoms with Gasteiger partial charge in [0.05, 0.1) is 0 Å². The zero-order valence-corrected chi connectivity index (χ0v) is 6.76. The molecule has 0 fully saturated rings. The van der Waals surface area contributed by atoms with Crippen LogP contribution in [-0.4, -0.2) is 6.21 Å². The molecule has 1 heteroatoms. The summed E-state index contributed by atoms with van der Waals surface area (Å²) in [6.45, 7) is 6.36. The highest BCUT2D eigenvalue weighted by molar-refractivity contribution is 5.73. The normalized spacial score (nSPS) is 22.1. The van der Waals surface area contributed by atoms with Crippen LogP contribution in [0.2, 0.25) is 0 Å². The Hall–Kier alpha value is -0.850. The van der Waals surface area contributed by atoms with Gasteiger partial charge in [-0.1, -0.05) is 26.0 Å². The molecular formula is C9H13N. The van der Waals surface area contributed by atoms with E-state index in [0.717, 1.165) is 5.70 Å². The molecule has 0 aliphatic carbocycles. The van der Waals surface area contributed by atoms with Crippen molar-refractivity contribution < 1.29 is 0 Å².